The molecular formula is C29H35N3. The maximum Gasteiger partial charge on any atom is 0.0417 e. The van der Waals surface area contributed by atoms with Crippen LogP contribution < -0.4 is 10.6 Å². The van der Waals surface area contributed by atoms with E-state index in [1.807, 2.05) is 32.6 Å². The van der Waals surface area contributed by atoms with Crippen LogP contribution in [0.15, 0.2) is 91.3 Å². The van der Waals surface area contributed by atoms with Gasteiger partial charge in [-0.15, -0.1) is 0 Å². The van der Waals surface area contributed by atoms with Crippen molar-refractivity contribution in [3.63, 3.8) is 0 Å². The van der Waals surface area contributed by atoms with Gasteiger partial charge in [0.05, 0.1) is 0 Å². The van der Waals surface area contributed by atoms with E-state index in [1.165, 1.54) is 33.4 Å². The number of aryl methyl sites for hydroxylation is 1. The van der Waals surface area contributed by atoms with Gasteiger partial charge in [-0.25, -0.2) is 0 Å². The molecule has 0 bridgehead atoms. The summed E-state index contributed by atoms with van der Waals surface area (Å²) in [6.45, 7) is 8.73. The molecule has 0 saturated heterocycles. The maximum absolute atomic E-state index is 4.24. The molecule has 0 fully saturated rings. The fraction of sp³-hybridized carbons (Fsp3) is 0.276. The van der Waals surface area contributed by atoms with Crippen LogP contribution in [-0.4, -0.2) is 19.1 Å². The highest BCUT2D eigenvalue weighted by Crippen LogP contribution is 2.37. The zero-order valence-corrected chi connectivity index (χ0v) is 19.7. The molecule has 3 rings (SSSR count). The Morgan fingerprint density at radius 3 is 2.28 bits per heavy atom. The lowest BCUT2D eigenvalue weighted by Gasteiger charge is -2.25. The van der Waals surface area contributed by atoms with Gasteiger partial charge in [-0.2, -0.15) is 0 Å². The zero-order chi connectivity index (χ0) is 22.9. The van der Waals surface area contributed by atoms with Crippen molar-refractivity contribution in [2.45, 2.75) is 32.7 Å². The van der Waals surface area contributed by atoms with Crippen LogP contribution in [0.5, 0.6) is 0 Å². The largest absolute Gasteiger partial charge is 0.388 e. The molecule has 166 valence electrons. The van der Waals surface area contributed by atoms with Crippen molar-refractivity contribution in [2.75, 3.05) is 19.4 Å². The molecule has 0 radical (unpaired) electrons. The maximum atomic E-state index is 4.24. The highest BCUT2D eigenvalue weighted by atomic mass is 14.9. The lowest BCUT2D eigenvalue weighted by Crippen LogP contribution is -2.20. The summed E-state index contributed by atoms with van der Waals surface area (Å²) in [6.07, 6.45) is 7.75. The number of nitrogens with one attached hydrogen (secondary N) is 2. The number of allylic oxidation sites excluding steroid dienone is 2. The smallest absolute Gasteiger partial charge is 0.0417 e. The van der Waals surface area contributed by atoms with E-state index in [4.69, 9.17) is 0 Å². The Kier molecular flexibility index (Phi) is 8.41. The molecule has 1 aromatic heterocycles. The van der Waals surface area contributed by atoms with E-state index < -0.39 is 0 Å². The van der Waals surface area contributed by atoms with Gasteiger partial charge in [-0.1, -0.05) is 69.0 Å². The van der Waals surface area contributed by atoms with Gasteiger partial charge >= 0.3 is 0 Å². The molecule has 0 aliphatic rings. The van der Waals surface area contributed by atoms with Crippen molar-refractivity contribution in [2.24, 2.45) is 5.92 Å². The monoisotopic (exact) mass is 425 g/mol. The number of para-hydroxylation sites is 1. The van der Waals surface area contributed by atoms with E-state index >= 15 is 0 Å². The molecule has 2 atom stereocenters. The first-order chi connectivity index (χ1) is 15.6. The van der Waals surface area contributed by atoms with E-state index in [-0.39, 0.29) is 6.04 Å². The average molecular weight is 426 g/mol. The minimum absolute atomic E-state index is 0.242. The Morgan fingerprint density at radius 2 is 1.69 bits per heavy atom. The minimum Gasteiger partial charge on any atom is -0.388 e. The number of nitrogens with zero attached hydrogens (tertiary/aromatic N) is 1. The van der Waals surface area contributed by atoms with Crippen LogP contribution in [0.25, 0.3) is 5.57 Å². The molecule has 0 aliphatic carbocycles. The Hall–Kier alpha value is -3.17. The van der Waals surface area contributed by atoms with E-state index in [0.717, 1.165) is 18.5 Å². The molecule has 0 aliphatic heterocycles. The van der Waals surface area contributed by atoms with Crippen LogP contribution in [0.1, 0.15) is 48.6 Å². The van der Waals surface area contributed by atoms with Gasteiger partial charge in [0.15, 0.2) is 0 Å². The summed E-state index contributed by atoms with van der Waals surface area (Å²) in [7, 11) is 4.00. The molecule has 2 aromatic carbocycles. The second-order valence-corrected chi connectivity index (χ2v) is 8.14. The molecule has 0 spiro atoms. The molecular weight excluding hydrogens is 390 g/mol. The summed E-state index contributed by atoms with van der Waals surface area (Å²) in [6, 6.07) is 21.9. The highest BCUT2D eigenvalue weighted by molar-refractivity contribution is 5.89. The van der Waals surface area contributed by atoms with Crippen molar-refractivity contribution in [3.8, 4) is 0 Å². The molecule has 3 aromatic rings. The van der Waals surface area contributed by atoms with Crippen molar-refractivity contribution in [3.05, 3.63) is 114 Å². The van der Waals surface area contributed by atoms with Crippen LogP contribution in [0.3, 0.4) is 0 Å². The van der Waals surface area contributed by atoms with Crippen molar-refractivity contribution in [1.82, 2.24) is 10.3 Å². The predicted molar refractivity (Wildman–Crippen MR) is 138 cm³/mol. The number of rotatable bonds is 10. The van der Waals surface area contributed by atoms with Gasteiger partial charge in [-0.05, 0) is 71.8 Å². The van der Waals surface area contributed by atoms with Gasteiger partial charge in [0, 0.05) is 36.7 Å². The lowest BCUT2D eigenvalue weighted by atomic mass is 9.83. The number of hydrogen-bond acceptors (Lipinski definition) is 3. The molecule has 0 saturated carbocycles. The standard InChI is InChI=1S/C29H35N3/c1-6-22-12-14-24(15-13-22)29(26-10-8-9-11-27(26)30-4)25(7-2)21(3)20-28(31-5)23-16-18-32-19-17-23/h7-19,21,28,30-31H,2,6,20H2,1,3-5H3/b29-25+. The van der Waals surface area contributed by atoms with Gasteiger partial charge in [0.25, 0.3) is 0 Å². The molecule has 2 unspecified atom stereocenters. The second-order valence-electron chi connectivity index (χ2n) is 8.14. The number of benzene rings is 2. The fourth-order valence-corrected chi connectivity index (χ4v) is 4.35. The summed E-state index contributed by atoms with van der Waals surface area (Å²) in [5, 5.41) is 6.86. The first-order valence-corrected chi connectivity index (χ1v) is 11.4. The van der Waals surface area contributed by atoms with Crippen LogP contribution in [0.2, 0.25) is 0 Å². The zero-order valence-electron chi connectivity index (χ0n) is 19.7. The third-order valence-electron chi connectivity index (χ3n) is 6.20. The third kappa shape index (κ3) is 5.35. The molecule has 3 heteroatoms. The van der Waals surface area contributed by atoms with E-state index in [1.54, 1.807) is 0 Å². The molecule has 3 nitrogen and oxygen atoms in total. The lowest BCUT2D eigenvalue weighted by molar-refractivity contribution is 0.476. The molecule has 1 heterocycles. The first-order valence-electron chi connectivity index (χ1n) is 11.4. The van der Waals surface area contributed by atoms with Crippen LogP contribution >= 0.6 is 0 Å². The van der Waals surface area contributed by atoms with Crippen LogP contribution in [0.4, 0.5) is 5.69 Å². The summed E-state index contributed by atoms with van der Waals surface area (Å²) < 4.78 is 0. The minimum atomic E-state index is 0.242. The number of pyridine rings is 1. The summed E-state index contributed by atoms with van der Waals surface area (Å²) >= 11 is 0. The molecule has 0 amide bonds. The van der Waals surface area contributed by atoms with E-state index in [2.05, 4.69) is 96.7 Å². The van der Waals surface area contributed by atoms with Gasteiger partial charge < -0.3 is 10.6 Å². The highest BCUT2D eigenvalue weighted by Gasteiger charge is 2.21. The van der Waals surface area contributed by atoms with Gasteiger partial charge in [0.1, 0.15) is 0 Å². The van der Waals surface area contributed by atoms with Crippen molar-refractivity contribution < 1.29 is 0 Å². The molecule has 2 N–H and O–H groups in total. The quantitative estimate of drug-likeness (QED) is 0.357. The number of hydrogen-bond donors (Lipinski definition) is 2. The van der Waals surface area contributed by atoms with Crippen LogP contribution in [-0.2, 0) is 6.42 Å². The van der Waals surface area contributed by atoms with Gasteiger partial charge in [0.2, 0.25) is 0 Å². The Balaban J connectivity index is 2.11. The average Bonchev–Trinajstić information content (AvgIpc) is 2.86. The van der Waals surface area contributed by atoms with E-state index in [0.29, 0.717) is 5.92 Å². The van der Waals surface area contributed by atoms with Crippen molar-refractivity contribution >= 4 is 11.3 Å². The van der Waals surface area contributed by atoms with Crippen molar-refractivity contribution in [1.29, 1.82) is 0 Å². The Labute approximate surface area is 193 Å². The second kappa shape index (κ2) is 11.4. The summed E-state index contributed by atoms with van der Waals surface area (Å²) in [5.41, 5.74) is 8.63. The third-order valence-corrected chi connectivity index (χ3v) is 6.20. The van der Waals surface area contributed by atoms with E-state index in [9.17, 15) is 0 Å². The number of aromatic nitrogens is 1. The number of anilines is 1. The Bertz CT molecular complexity index is 1040. The SMILES string of the molecule is C=C/C(=C(/c1ccc(CC)cc1)c1ccccc1NC)C(C)CC(NC)c1ccncc1. The predicted octanol–water partition coefficient (Wildman–Crippen LogP) is 6.66. The Morgan fingerprint density at radius 1 is 1.00 bits per heavy atom. The van der Waals surface area contributed by atoms with Gasteiger partial charge in [-0.3, -0.25) is 4.98 Å². The normalized spacial score (nSPS) is 13.8. The van der Waals surface area contributed by atoms with Crippen LogP contribution in [0, 0.1) is 5.92 Å². The molecule has 32 heavy (non-hydrogen) atoms. The topological polar surface area (TPSA) is 37.0 Å². The summed E-state index contributed by atoms with van der Waals surface area (Å²) in [5.74, 6) is 0.295. The first kappa shape index (κ1) is 23.5. The summed E-state index contributed by atoms with van der Waals surface area (Å²) in [4.78, 5) is 4.17. The fourth-order valence-electron chi connectivity index (χ4n) is 4.35.